The maximum absolute atomic E-state index is 12.6. The number of nitrogens with one attached hydrogen (secondary N) is 2. The van der Waals surface area contributed by atoms with Gasteiger partial charge in [-0.25, -0.2) is 18.8 Å². The number of benzene rings is 1. The summed E-state index contributed by atoms with van der Waals surface area (Å²) in [6.07, 6.45) is 2.09. The fraction of sp³-hybridized carbons (Fsp3) is 0.450. The summed E-state index contributed by atoms with van der Waals surface area (Å²) in [5.41, 5.74) is 7.68. The molecule has 0 aliphatic carbocycles. The molecule has 1 fully saturated rings. The number of nitrogens with zero attached hydrogens (tertiary/aromatic N) is 4. The lowest BCUT2D eigenvalue weighted by Crippen LogP contribution is -2.25. The summed E-state index contributed by atoms with van der Waals surface area (Å²) in [5.74, 6) is 0.115. The van der Waals surface area contributed by atoms with Gasteiger partial charge in [0.25, 0.3) is 0 Å². The van der Waals surface area contributed by atoms with Crippen molar-refractivity contribution in [3.63, 3.8) is 0 Å². The van der Waals surface area contributed by atoms with Crippen LogP contribution in [0.25, 0.3) is 11.2 Å². The van der Waals surface area contributed by atoms with Gasteiger partial charge in [0, 0.05) is 18.8 Å². The van der Waals surface area contributed by atoms with Crippen LogP contribution in [0, 0.1) is 4.78 Å². The van der Waals surface area contributed by atoms with Crippen molar-refractivity contribution in [2.75, 3.05) is 24.6 Å². The Morgan fingerprint density at radius 3 is 2.58 bits per heavy atom. The molecule has 3 heterocycles. The highest BCUT2D eigenvalue weighted by Crippen LogP contribution is 2.23. The Hall–Kier alpha value is -2.76. The van der Waals surface area contributed by atoms with E-state index in [1.807, 2.05) is 36.1 Å². The zero-order valence-corrected chi connectivity index (χ0v) is 18.2. The van der Waals surface area contributed by atoms with Crippen molar-refractivity contribution in [2.24, 2.45) is 0 Å². The standard InChI is InChI=1S/C20H27N7O3S/c1-2-11-31(22,30)19-24-16(21)15-17(25-19)27(20(29)23-15)12-13-5-7-14(8-6-13)18(28)26-9-3-4-10-26/h5-8,18,22,28H,2-4,9-12H2,1H3,(H,23,29)(H2,21,24,25). The van der Waals surface area contributed by atoms with Crippen LogP contribution < -0.4 is 11.4 Å². The first kappa shape index (κ1) is 21.5. The van der Waals surface area contributed by atoms with Gasteiger partial charge in [0.15, 0.2) is 11.5 Å². The molecule has 1 saturated heterocycles. The summed E-state index contributed by atoms with van der Waals surface area (Å²) in [6.45, 7) is 3.80. The normalized spacial score (nSPS) is 17.7. The van der Waals surface area contributed by atoms with Crippen LogP contribution in [0.4, 0.5) is 5.82 Å². The Balaban J connectivity index is 1.66. The van der Waals surface area contributed by atoms with Crippen molar-refractivity contribution < 1.29 is 9.32 Å². The molecular weight excluding hydrogens is 418 g/mol. The molecule has 1 aromatic carbocycles. The molecule has 166 valence electrons. The number of rotatable bonds is 7. The number of aliphatic hydroxyl groups excluding tert-OH is 1. The van der Waals surface area contributed by atoms with Crippen molar-refractivity contribution in [2.45, 2.75) is 44.1 Å². The van der Waals surface area contributed by atoms with Crippen LogP contribution in [0.5, 0.6) is 0 Å². The minimum absolute atomic E-state index is 0.00369. The number of nitrogen functional groups attached to an aromatic ring is 1. The molecule has 11 heteroatoms. The van der Waals surface area contributed by atoms with Crippen LogP contribution in [0.3, 0.4) is 0 Å². The second kappa shape index (κ2) is 8.40. The molecule has 0 bridgehead atoms. The Kier molecular flexibility index (Phi) is 5.82. The third kappa shape index (κ3) is 4.21. The number of likely N-dealkylation sites (tertiary alicyclic amines) is 1. The topological polar surface area (TPSA) is 154 Å². The molecule has 2 atom stereocenters. The van der Waals surface area contributed by atoms with Crippen LogP contribution in [-0.2, 0) is 16.3 Å². The van der Waals surface area contributed by atoms with Gasteiger partial charge in [-0.3, -0.25) is 9.47 Å². The predicted molar refractivity (Wildman–Crippen MR) is 118 cm³/mol. The van der Waals surface area contributed by atoms with Crippen LogP contribution in [0.15, 0.2) is 34.2 Å². The van der Waals surface area contributed by atoms with E-state index in [2.05, 4.69) is 15.0 Å². The zero-order valence-electron chi connectivity index (χ0n) is 17.4. The number of anilines is 1. The second-order valence-corrected chi connectivity index (χ2v) is 9.97. The molecule has 0 amide bonds. The number of nitrogens with two attached hydrogens (primary N) is 1. The van der Waals surface area contributed by atoms with E-state index in [-0.39, 0.29) is 34.4 Å². The summed E-state index contributed by atoms with van der Waals surface area (Å²) in [6, 6.07) is 7.42. The number of hydrogen-bond donors (Lipinski definition) is 4. The number of aromatic amines is 1. The van der Waals surface area contributed by atoms with Crippen molar-refractivity contribution in [3.05, 3.63) is 45.9 Å². The molecule has 0 saturated carbocycles. The number of H-pyrrole nitrogens is 1. The monoisotopic (exact) mass is 445 g/mol. The Bertz CT molecular complexity index is 1240. The summed E-state index contributed by atoms with van der Waals surface area (Å²) in [7, 11) is -3.19. The average Bonchev–Trinajstić information content (AvgIpc) is 3.37. The first-order chi connectivity index (χ1) is 14.8. The smallest absolute Gasteiger partial charge is 0.328 e. The van der Waals surface area contributed by atoms with Gasteiger partial charge in [0.2, 0.25) is 5.16 Å². The van der Waals surface area contributed by atoms with E-state index in [0.717, 1.165) is 37.1 Å². The van der Waals surface area contributed by atoms with Gasteiger partial charge in [-0.1, -0.05) is 31.2 Å². The van der Waals surface area contributed by atoms with E-state index in [9.17, 15) is 14.1 Å². The van der Waals surface area contributed by atoms with Crippen molar-refractivity contribution in [1.29, 1.82) is 4.78 Å². The number of hydrogen-bond acceptors (Lipinski definition) is 8. The van der Waals surface area contributed by atoms with Gasteiger partial charge in [0.05, 0.1) is 6.54 Å². The fourth-order valence-corrected chi connectivity index (χ4v) is 5.12. The molecule has 1 aliphatic heterocycles. The molecule has 2 unspecified atom stereocenters. The molecule has 31 heavy (non-hydrogen) atoms. The molecule has 1 aliphatic rings. The number of aliphatic hydroxyl groups is 1. The minimum atomic E-state index is -3.19. The van der Waals surface area contributed by atoms with Crippen molar-refractivity contribution >= 4 is 26.7 Å². The third-order valence-corrected chi connectivity index (χ3v) is 7.28. The SMILES string of the molecule is CCCS(=N)(=O)c1nc(N)c2[nH]c(=O)n(Cc3ccc(C(O)N4CCCC4)cc3)c2n1. The van der Waals surface area contributed by atoms with Crippen molar-refractivity contribution in [1.82, 2.24) is 24.4 Å². The molecule has 0 spiro atoms. The van der Waals surface area contributed by atoms with Crippen LogP contribution in [0.1, 0.15) is 43.5 Å². The van der Waals surface area contributed by atoms with E-state index in [1.54, 1.807) is 0 Å². The number of aromatic nitrogens is 4. The van der Waals surface area contributed by atoms with Crippen molar-refractivity contribution in [3.8, 4) is 0 Å². The summed E-state index contributed by atoms with van der Waals surface area (Å²) < 4.78 is 22.1. The highest BCUT2D eigenvalue weighted by molar-refractivity contribution is 7.92. The lowest BCUT2D eigenvalue weighted by molar-refractivity contribution is 0.0190. The molecule has 10 nitrogen and oxygen atoms in total. The predicted octanol–water partition coefficient (Wildman–Crippen LogP) is 1.65. The summed E-state index contributed by atoms with van der Waals surface area (Å²) in [5, 5.41) is 10.4. The third-order valence-electron chi connectivity index (χ3n) is 5.52. The maximum atomic E-state index is 12.6. The van der Waals surface area contributed by atoms with Crippen LogP contribution in [0.2, 0.25) is 0 Å². The first-order valence-corrected chi connectivity index (χ1v) is 12.1. The highest BCUT2D eigenvalue weighted by atomic mass is 32.2. The second-order valence-electron chi connectivity index (χ2n) is 7.84. The van der Waals surface area contributed by atoms with E-state index in [0.29, 0.717) is 6.42 Å². The molecule has 3 aromatic rings. The summed E-state index contributed by atoms with van der Waals surface area (Å²) in [4.78, 5) is 25.5. The number of imidazole rings is 1. The van der Waals surface area contributed by atoms with Crippen LogP contribution >= 0.6 is 0 Å². The van der Waals surface area contributed by atoms with E-state index in [4.69, 9.17) is 10.5 Å². The highest BCUT2D eigenvalue weighted by Gasteiger charge is 2.22. The van der Waals surface area contributed by atoms with Gasteiger partial charge in [-0.2, -0.15) is 4.98 Å². The first-order valence-electron chi connectivity index (χ1n) is 10.3. The Morgan fingerprint density at radius 1 is 1.26 bits per heavy atom. The van der Waals surface area contributed by atoms with Gasteiger partial charge >= 0.3 is 5.69 Å². The molecule has 5 N–H and O–H groups in total. The van der Waals surface area contributed by atoms with Gasteiger partial charge in [-0.05, 0) is 30.4 Å². The molecular formula is C20H27N7O3S. The molecule has 4 rings (SSSR count). The Labute approximate surface area is 180 Å². The Morgan fingerprint density at radius 2 is 1.94 bits per heavy atom. The zero-order chi connectivity index (χ0) is 22.2. The van der Waals surface area contributed by atoms with E-state index < -0.39 is 21.6 Å². The quantitative estimate of drug-likeness (QED) is 0.403. The fourth-order valence-electron chi connectivity index (χ4n) is 3.88. The van der Waals surface area contributed by atoms with Gasteiger partial charge in [0.1, 0.15) is 21.5 Å². The maximum Gasteiger partial charge on any atom is 0.328 e. The minimum Gasteiger partial charge on any atom is -0.382 e. The summed E-state index contributed by atoms with van der Waals surface area (Å²) >= 11 is 0. The van der Waals surface area contributed by atoms with E-state index >= 15 is 0 Å². The average molecular weight is 446 g/mol. The number of fused-ring (bicyclic) bond motifs is 1. The lowest BCUT2D eigenvalue weighted by Gasteiger charge is -2.22. The largest absolute Gasteiger partial charge is 0.382 e. The molecule has 2 aromatic heterocycles. The lowest BCUT2D eigenvalue weighted by atomic mass is 10.1. The van der Waals surface area contributed by atoms with Crippen LogP contribution in [-0.4, -0.2) is 52.6 Å². The van der Waals surface area contributed by atoms with Gasteiger partial charge < -0.3 is 15.8 Å². The van der Waals surface area contributed by atoms with E-state index in [1.165, 1.54) is 4.57 Å². The molecule has 0 radical (unpaired) electrons. The van der Waals surface area contributed by atoms with Gasteiger partial charge in [-0.15, -0.1) is 0 Å².